The third kappa shape index (κ3) is 4.02. The van der Waals surface area contributed by atoms with Crippen LogP contribution in [-0.2, 0) is 21.2 Å². The number of rotatable bonds is 6. The van der Waals surface area contributed by atoms with Crippen molar-refractivity contribution in [3.63, 3.8) is 0 Å². The lowest BCUT2D eigenvalue weighted by atomic mass is 9.87. The smallest absolute Gasteiger partial charge is 0.308 e. The average Bonchev–Trinajstić information content (AvgIpc) is 2.62. The minimum Gasteiger partial charge on any atom is -0.481 e. The Labute approximate surface area is 122 Å². The van der Waals surface area contributed by atoms with Crippen molar-refractivity contribution in [2.24, 2.45) is 0 Å². The molecule has 114 valence electrons. The van der Waals surface area contributed by atoms with E-state index in [1.807, 2.05) is 0 Å². The van der Waals surface area contributed by atoms with E-state index >= 15 is 0 Å². The van der Waals surface area contributed by atoms with Crippen molar-refractivity contribution in [1.82, 2.24) is 4.72 Å². The van der Waals surface area contributed by atoms with Gasteiger partial charge >= 0.3 is 5.97 Å². The predicted octanol–water partition coefficient (Wildman–Crippen LogP) is 1.20. The number of thiophene rings is 1. The van der Waals surface area contributed by atoms with Crippen molar-refractivity contribution in [3.8, 4) is 0 Å². The van der Waals surface area contributed by atoms with Crippen molar-refractivity contribution < 1.29 is 23.4 Å². The third-order valence-corrected chi connectivity index (χ3v) is 6.38. The van der Waals surface area contributed by atoms with E-state index in [2.05, 4.69) is 4.72 Å². The van der Waals surface area contributed by atoms with Crippen LogP contribution in [0, 0.1) is 0 Å². The fourth-order valence-electron chi connectivity index (χ4n) is 1.26. The highest BCUT2D eigenvalue weighted by Gasteiger charge is 2.39. The van der Waals surface area contributed by atoms with Crippen LogP contribution in [0.1, 0.15) is 32.6 Å². The first-order valence-electron chi connectivity index (χ1n) is 5.92. The van der Waals surface area contributed by atoms with Crippen LogP contribution in [0.15, 0.2) is 16.3 Å². The van der Waals surface area contributed by atoms with Crippen LogP contribution in [0.25, 0.3) is 0 Å². The molecule has 3 N–H and O–H groups in total. The summed E-state index contributed by atoms with van der Waals surface area (Å²) in [5.74, 6) is -1.01. The topological polar surface area (TPSA) is 104 Å². The molecule has 1 heterocycles. The summed E-state index contributed by atoms with van der Waals surface area (Å²) in [6, 6.07) is 2.84. The number of hydrogen-bond acceptors (Lipinski definition) is 5. The summed E-state index contributed by atoms with van der Waals surface area (Å²) in [5, 5.41) is 18.7. The van der Waals surface area contributed by atoms with Gasteiger partial charge in [0.05, 0.1) is 17.6 Å². The molecule has 20 heavy (non-hydrogen) atoms. The maximum absolute atomic E-state index is 12.2. The van der Waals surface area contributed by atoms with Crippen LogP contribution in [0.3, 0.4) is 0 Å². The van der Waals surface area contributed by atoms with Gasteiger partial charge in [-0.05, 0) is 39.8 Å². The molecule has 0 aromatic carbocycles. The maximum atomic E-state index is 12.2. The molecule has 0 amide bonds. The molecular weight excluding hydrogens is 302 g/mol. The Morgan fingerprint density at radius 2 is 1.85 bits per heavy atom. The van der Waals surface area contributed by atoms with E-state index in [4.69, 9.17) is 5.11 Å². The molecule has 0 atom stereocenters. The summed E-state index contributed by atoms with van der Waals surface area (Å²) in [6.07, 6.45) is -0.213. The van der Waals surface area contributed by atoms with Crippen molar-refractivity contribution in [2.45, 2.75) is 49.5 Å². The Balaban J connectivity index is 3.00. The summed E-state index contributed by atoms with van der Waals surface area (Å²) in [7, 11) is -3.80. The van der Waals surface area contributed by atoms with Crippen molar-refractivity contribution in [2.75, 3.05) is 0 Å². The highest BCUT2D eigenvalue weighted by molar-refractivity contribution is 7.91. The highest BCUT2D eigenvalue weighted by atomic mass is 32.2. The van der Waals surface area contributed by atoms with Gasteiger partial charge in [0.1, 0.15) is 4.21 Å². The standard InChI is InChI=1S/C12H19NO5S2/c1-11(2,12(3,4)16)13-20(17,18)10-6-5-8(19-10)7-9(14)15/h5-6,13,16H,7H2,1-4H3,(H,14,15). The number of nitrogens with one attached hydrogen (secondary N) is 1. The molecule has 0 fully saturated rings. The molecular formula is C12H19NO5S2. The number of carboxylic acids is 1. The van der Waals surface area contributed by atoms with E-state index in [1.54, 1.807) is 13.8 Å². The van der Waals surface area contributed by atoms with Crippen LogP contribution >= 0.6 is 11.3 Å². The van der Waals surface area contributed by atoms with Gasteiger partial charge in [0.15, 0.2) is 0 Å². The van der Waals surface area contributed by atoms with E-state index in [0.717, 1.165) is 11.3 Å². The molecule has 1 aromatic rings. The zero-order chi connectivity index (χ0) is 15.8. The molecule has 0 aliphatic rings. The Morgan fingerprint density at radius 3 is 2.30 bits per heavy atom. The monoisotopic (exact) mass is 321 g/mol. The number of aliphatic carboxylic acids is 1. The van der Waals surface area contributed by atoms with Gasteiger partial charge in [-0.1, -0.05) is 0 Å². The Bertz CT molecular complexity index is 596. The van der Waals surface area contributed by atoms with Crippen LogP contribution in [-0.4, -0.2) is 35.7 Å². The first kappa shape index (κ1) is 17.1. The molecule has 0 saturated carbocycles. The fraction of sp³-hybridized carbons (Fsp3) is 0.583. The average molecular weight is 321 g/mol. The zero-order valence-electron chi connectivity index (χ0n) is 11.8. The van der Waals surface area contributed by atoms with Gasteiger partial charge in [-0.2, -0.15) is 0 Å². The molecule has 0 saturated heterocycles. The van der Waals surface area contributed by atoms with Gasteiger partial charge in [0.2, 0.25) is 0 Å². The molecule has 0 aliphatic heterocycles. The van der Waals surface area contributed by atoms with Gasteiger partial charge in [-0.3, -0.25) is 4.79 Å². The van der Waals surface area contributed by atoms with Gasteiger partial charge in [-0.15, -0.1) is 11.3 Å². The summed E-state index contributed by atoms with van der Waals surface area (Å²) in [4.78, 5) is 11.1. The summed E-state index contributed by atoms with van der Waals surface area (Å²) in [5.41, 5.74) is -2.32. The lowest BCUT2D eigenvalue weighted by Gasteiger charge is -2.37. The normalized spacial score (nSPS) is 13.4. The van der Waals surface area contributed by atoms with E-state index in [9.17, 15) is 18.3 Å². The number of aliphatic hydroxyl groups is 1. The van der Waals surface area contributed by atoms with Crippen molar-refractivity contribution in [3.05, 3.63) is 17.0 Å². The van der Waals surface area contributed by atoms with Gasteiger partial charge in [0, 0.05) is 4.88 Å². The molecule has 0 unspecified atom stereocenters. The third-order valence-electron chi connectivity index (χ3n) is 3.15. The maximum Gasteiger partial charge on any atom is 0.308 e. The van der Waals surface area contributed by atoms with Gasteiger partial charge in [0.25, 0.3) is 10.0 Å². The number of hydrogen-bond donors (Lipinski definition) is 3. The number of sulfonamides is 1. The molecule has 6 nitrogen and oxygen atoms in total. The van der Waals surface area contributed by atoms with Crippen LogP contribution in [0.5, 0.6) is 0 Å². The fourth-order valence-corrected chi connectivity index (χ4v) is 4.14. The van der Waals surface area contributed by atoms with E-state index < -0.39 is 27.1 Å². The molecule has 1 aromatic heterocycles. The van der Waals surface area contributed by atoms with E-state index in [-0.39, 0.29) is 10.6 Å². The molecule has 1 rings (SSSR count). The summed E-state index contributed by atoms with van der Waals surface area (Å²) >= 11 is 0.907. The Kier molecular flexibility index (Phi) is 4.65. The minimum absolute atomic E-state index is 0.0334. The molecule has 0 aliphatic carbocycles. The number of carbonyl (C=O) groups is 1. The van der Waals surface area contributed by atoms with Crippen molar-refractivity contribution in [1.29, 1.82) is 0 Å². The van der Waals surface area contributed by atoms with Gasteiger partial charge < -0.3 is 10.2 Å². The Hall–Kier alpha value is -0.960. The lowest BCUT2D eigenvalue weighted by Crippen LogP contribution is -2.57. The molecule has 0 radical (unpaired) electrons. The van der Waals surface area contributed by atoms with Crippen LogP contribution < -0.4 is 4.72 Å². The summed E-state index contributed by atoms with van der Waals surface area (Å²) < 4.78 is 26.9. The summed E-state index contributed by atoms with van der Waals surface area (Å²) in [6.45, 7) is 6.19. The minimum atomic E-state index is -3.80. The quantitative estimate of drug-likeness (QED) is 0.730. The number of carboxylic acid groups (broad SMARTS) is 1. The van der Waals surface area contributed by atoms with E-state index in [0.29, 0.717) is 4.88 Å². The first-order chi connectivity index (χ1) is 8.85. The molecule has 8 heteroatoms. The highest BCUT2D eigenvalue weighted by Crippen LogP contribution is 2.27. The van der Waals surface area contributed by atoms with Crippen LogP contribution in [0.4, 0.5) is 0 Å². The molecule has 0 bridgehead atoms. The van der Waals surface area contributed by atoms with Gasteiger partial charge in [-0.25, -0.2) is 13.1 Å². The van der Waals surface area contributed by atoms with E-state index in [1.165, 1.54) is 26.0 Å². The second-order valence-corrected chi connectivity index (χ2v) is 8.66. The van der Waals surface area contributed by atoms with Crippen molar-refractivity contribution >= 4 is 27.3 Å². The van der Waals surface area contributed by atoms with Crippen LogP contribution in [0.2, 0.25) is 0 Å². The first-order valence-corrected chi connectivity index (χ1v) is 8.22. The Morgan fingerprint density at radius 1 is 1.30 bits per heavy atom. The largest absolute Gasteiger partial charge is 0.481 e. The predicted molar refractivity (Wildman–Crippen MR) is 76.4 cm³/mol. The second-order valence-electron chi connectivity index (χ2n) is 5.58. The second kappa shape index (κ2) is 5.44. The SMILES string of the molecule is CC(C)(O)C(C)(C)NS(=O)(=O)c1ccc(CC(=O)O)s1. The zero-order valence-corrected chi connectivity index (χ0v) is 13.4. The lowest BCUT2D eigenvalue weighted by molar-refractivity contribution is -0.136. The molecule has 0 spiro atoms.